The Hall–Kier alpha value is -0.0313. The van der Waals surface area contributed by atoms with E-state index in [1.807, 2.05) is 0 Å². The number of hydrogen-bond acceptors (Lipinski definition) is 0. The Labute approximate surface area is 149 Å². The third kappa shape index (κ3) is 3.89. The fourth-order valence-corrected chi connectivity index (χ4v) is 22.6. The van der Waals surface area contributed by atoms with Gasteiger partial charge in [0.15, 0.2) is 0 Å². The van der Waals surface area contributed by atoms with Crippen molar-refractivity contribution < 1.29 is 0 Å². The average molecular weight is 513 g/mol. The Bertz CT molecular complexity index is 599. The molecule has 1 unspecified atom stereocenters. The fourth-order valence-electron chi connectivity index (χ4n) is 3.10. The van der Waals surface area contributed by atoms with Gasteiger partial charge in [0.25, 0.3) is 0 Å². The molecule has 0 heterocycles. The first-order chi connectivity index (χ1) is 10.2. The standard InChI is InChI=1S/C10H13.C6H5.C4H9.HI.Sn/c1-10(2,3)9-7-5-4-6-8-9;1-2-4-6-5-3-1;1-4(2)3;;/h4-8H,1H2,2-3H3;1-5H;1-3H3;1H;/q;;;;+1/p-1. The third-order valence-electron chi connectivity index (χ3n) is 4.66. The van der Waals surface area contributed by atoms with Gasteiger partial charge in [-0.05, 0) is 0 Å². The minimum absolute atomic E-state index is 0.224. The van der Waals surface area contributed by atoms with E-state index in [2.05, 4.69) is 114 Å². The molecule has 0 amide bonds. The number of hydrogen-bond donors (Lipinski definition) is 0. The third-order valence-corrected chi connectivity index (χ3v) is 36.5. The summed E-state index contributed by atoms with van der Waals surface area (Å²) in [6.45, 7) is 12.2. The number of halogens is 1. The Morgan fingerprint density at radius 1 is 0.773 bits per heavy atom. The normalized spacial score (nSPS) is 15.4. The van der Waals surface area contributed by atoms with Gasteiger partial charge in [0, 0.05) is 0 Å². The molecule has 0 aromatic heterocycles. The number of benzene rings is 2. The topological polar surface area (TPSA) is 0 Å². The summed E-state index contributed by atoms with van der Waals surface area (Å²) in [7, 11) is 0. The fraction of sp³-hybridized carbons (Fsp3) is 0.400. The van der Waals surface area contributed by atoms with E-state index in [0.717, 1.165) is 0 Å². The number of rotatable bonds is 4. The molecule has 22 heavy (non-hydrogen) atoms. The quantitative estimate of drug-likeness (QED) is 0.345. The first-order valence-corrected chi connectivity index (χ1v) is 21.2. The molecule has 0 radical (unpaired) electrons. The van der Waals surface area contributed by atoms with Crippen LogP contribution in [0.15, 0.2) is 60.7 Å². The van der Waals surface area contributed by atoms with E-state index in [1.165, 1.54) is 10.0 Å². The molecule has 2 rings (SSSR count). The van der Waals surface area contributed by atoms with Crippen LogP contribution in [0.3, 0.4) is 0 Å². The van der Waals surface area contributed by atoms with Crippen molar-refractivity contribution in [2.75, 3.05) is 0 Å². The molecule has 1 atom stereocenters. The molecule has 0 fully saturated rings. The molecule has 0 N–H and O–H groups in total. The van der Waals surface area contributed by atoms with E-state index < -0.39 is 14.4 Å². The van der Waals surface area contributed by atoms with Crippen molar-refractivity contribution in [2.24, 2.45) is 0 Å². The van der Waals surface area contributed by atoms with Crippen molar-refractivity contribution in [1.29, 1.82) is 0 Å². The van der Waals surface area contributed by atoms with E-state index in [4.69, 9.17) is 0 Å². The Kier molecular flexibility index (Phi) is 5.69. The molecule has 0 aliphatic carbocycles. The second-order valence-corrected chi connectivity index (χ2v) is 31.7. The molecule has 0 bridgehead atoms. The summed E-state index contributed by atoms with van der Waals surface area (Å²) in [5, 5.41) is 0. The zero-order valence-corrected chi connectivity index (χ0v) is 19.4. The van der Waals surface area contributed by atoms with Crippen LogP contribution in [0, 0.1) is 0 Å². The molecule has 0 nitrogen and oxygen atoms in total. The van der Waals surface area contributed by atoms with E-state index in [1.54, 1.807) is 3.58 Å². The van der Waals surface area contributed by atoms with Gasteiger partial charge in [0.05, 0.1) is 0 Å². The summed E-state index contributed by atoms with van der Waals surface area (Å²) in [5.74, 6) is 0. The second kappa shape index (κ2) is 6.84. The van der Waals surface area contributed by atoms with Crippen molar-refractivity contribution in [1.82, 2.24) is 0 Å². The van der Waals surface area contributed by atoms with Crippen LogP contribution in [0.1, 0.15) is 40.2 Å². The molecular formula is C20H27ISn. The molecular weight excluding hydrogens is 486 g/mol. The van der Waals surface area contributed by atoms with E-state index in [9.17, 15) is 0 Å². The van der Waals surface area contributed by atoms with Gasteiger partial charge >= 0.3 is 151 Å². The van der Waals surface area contributed by atoms with Crippen molar-refractivity contribution in [3.63, 3.8) is 0 Å². The summed E-state index contributed by atoms with van der Waals surface area (Å²) in [4.78, 5) is 0. The van der Waals surface area contributed by atoms with Gasteiger partial charge in [0.1, 0.15) is 0 Å². The van der Waals surface area contributed by atoms with Gasteiger partial charge in [-0.15, -0.1) is 0 Å². The molecule has 0 aliphatic heterocycles. The van der Waals surface area contributed by atoms with Crippen molar-refractivity contribution in [2.45, 2.75) is 47.9 Å². The summed E-state index contributed by atoms with van der Waals surface area (Å²) in [6.07, 6.45) is 0. The van der Waals surface area contributed by atoms with Gasteiger partial charge < -0.3 is 0 Å². The molecule has 118 valence electrons. The Morgan fingerprint density at radius 3 is 1.68 bits per heavy atom. The van der Waals surface area contributed by atoms with Crippen molar-refractivity contribution in [3.8, 4) is 0 Å². The van der Waals surface area contributed by atoms with Gasteiger partial charge in [0.2, 0.25) is 0 Å². The second-order valence-electron chi connectivity index (χ2n) is 7.84. The summed E-state index contributed by atoms with van der Waals surface area (Å²) in [5.41, 5.74) is 1.69. The van der Waals surface area contributed by atoms with Crippen LogP contribution in [0.25, 0.3) is 0 Å². The van der Waals surface area contributed by atoms with Crippen LogP contribution in [-0.2, 0) is 5.41 Å². The van der Waals surface area contributed by atoms with Crippen LogP contribution in [0.4, 0.5) is 0 Å². The van der Waals surface area contributed by atoms with Crippen molar-refractivity contribution >= 4 is 36.6 Å². The van der Waals surface area contributed by atoms with Crippen molar-refractivity contribution in [3.05, 3.63) is 66.2 Å². The summed E-state index contributed by atoms with van der Waals surface area (Å²) < 4.78 is 3.34. The maximum atomic E-state index is 2.91. The van der Waals surface area contributed by atoms with Crippen LogP contribution in [-0.4, -0.2) is 14.4 Å². The minimum atomic E-state index is -2.58. The van der Waals surface area contributed by atoms with E-state index >= 15 is 0 Å². The van der Waals surface area contributed by atoms with E-state index in [0.29, 0.717) is 3.43 Å². The summed E-state index contributed by atoms with van der Waals surface area (Å²) in [6, 6.07) is 22.3. The monoisotopic (exact) mass is 514 g/mol. The zero-order chi connectivity index (χ0) is 16.4. The SMILES string of the molecule is CC(C)([CH2][Sn]([I])([c]1ccccc1)[C](C)(C)C)c1ccccc1. The Morgan fingerprint density at radius 2 is 1.23 bits per heavy atom. The van der Waals surface area contributed by atoms with Crippen LogP contribution in [0.2, 0.25) is 7.87 Å². The predicted molar refractivity (Wildman–Crippen MR) is 110 cm³/mol. The summed E-state index contributed by atoms with van der Waals surface area (Å²) >= 11 is 0.331. The van der Waals surface area contributed by atoms with E-state index in [-0.39, 0.29) is 5.41 Å². The van der Waals surface area contributed by atoms with Gasteiger partial charge in [-0.1, -0.05) is 0 Å². The molecule has 2 aromatic carbocycles. The van der Waals surface area contributed by atoms with Gasteiger partial charge in [-0.2, -0.15) is 0 Å². The predicted octanol–water partition coefficient (Wildman–Crippen LogP) is 6.05. The average Bonchev–Trinajstić information content (AvgIpc) is 2.47. The van der Waals surface area contributed by atoms with Gasteiger partial charge in [-0.25, -0.2) is 0 Å². The van der Waals surface area contributed by atoms with Crippen LogP contribution >= 0.6 is 18.6 Å². The maximum absolute atomic E-state index is 2.91. The van der Waals surface area contributed by atoms with Crippen LogP contribution < -0.4 is 3.58 Å². The van der Waals surface area contributed by atoms with Crippen LogP contribution in [0.5, 0.6) is 0 Å². The molecule has 2 heteroatoms. The zero-order valence-electron chi connectivity index (χ0n) is 14.4. The molecule has 0 saturated carbocycles. The first-order valence-electron chi connectivity index (χ1n) is 7.97. The molecule has 0 saturated heterocycles. The molecule has 0 aliphatic rings. The molecule has 2 aromatic rings. The molecule has 0 spiro atoms. The Balaban J connectivity index is 2.45. The first kappa shape index (κ1) is 18.3. The van der Waals surface area contributed by atoms with Gasteiger partial charge in [-0.3, -0.25) is 0 Å².